The predicted molar refractivity (Wildman–Crippen MR) is 110 cm³/mol. The van der Waals surface area contributed by atoms with Crippen molar-refractivity contribution in [3.05, 3.63) is 113 Å². The molecule has 3 aromatic rings. The van der Waals surface area contributed by atoms with Gasteiger partial charge in [-0.25, -0.2) is 0 Å². The Morgan fingerprint density at radius 3 is 1.72 bits per heavy atom. The first kappa shape index (κ1) is 17.0. The topological polar surface area (TPSA) is 0 Å². The smallest absolute Gasteiger partial charge is 0.00735 e. The van der Waals surface area contributed by atoms with E-state index in [-0.39, 0.29) is 0 Å². The Balaban J connectivity index is 2.21. The summed E-state index contributed by atoms with van der Waals surface area (Å²) in [4.78, 5) is 0. The molecule has 0 N–H and O–H groups in total. The summed E-state index contributed by atoms with van der Waals surface area (Å²) in [7, 11) is 0. The Morgan fingerprint density at radius 1 is 0.680 bits per heavy atom. The van der Waals surface area contributed by atoms with Gasteiger partial charge in [-0.2, -0.15) is 0 Å². The summed E-state index contributed by atoms with van der Waals surface area (Å²) in [5, 5.41) is 0. The summed E-state index contributed by atoms with van der Waals surface area (Å²) in [6.07, 6.45) is 5.20. The van der Waals surface area contributed by atoms with Gasteiger partial charge in [0.25, 0.3) is 0 Å². The fourth-order valence-electron chi connectivity index (χ4n) is 3.24. The molecule has 0 radical (unpaired) electrons. The lowest BCUT2D eigenvalue weighted by Crippen LogP contribution is -1.95. The van der Waals surface area contributed by atoms with E-state index in [9.17, 15) is 0 Å². The van der Waals surface area contributed by atoms with Crippen LogP contribution < -0.4 is 0 Å². The van der Waals surface area contributed by atoms with Crippen molar-refractivity contribution in [3.8, 4) is 0 Å². The molecule has 0 aliphatic rings. The van der Waals surface area contributed by atoms with Crippen LogP contribution in [0.2, 0.25) is 0 Å². The lowest BCUT2D eigenvalue weighted by molar-refractivity contribution is 1.24. The minimum Gasteiger partial charge on any atom is -0.0871 e. The van der Waals surface area contributed by atoms with Crippen molar-refractivity contribution in [2.45, 2.75) is 20.3 Å². The van der Waals surface area contributed by atoms with Crippen LogP contribution in [0.15, 0.2) is 91.0 Å². The third kappa shape index (κ3) is 3.97. The first-order valence-corrected chi connectivity index (χ1v) is 8.90. The fraction of sp³-hybridized carbons (Fsp3) is 0.120. The first-order chi connectivity index (χ1) is 12.3. The number of hydrogen-bond donors (Lipinski definition) is 0. The number of benzene rings is 3. The van der Waals surface area contributed by atoms with Gasteiger partial charge in [-0.15, -0.1) is 0 Å². The van der Waals surface area contributed by atoms with Crippen LogP contribution in [0.5, 0.6) is 0 Å². The second kappa shape index (κ2) is 8.30. The van der Waals surface area contributed by atoms with Crippen molar-refractivity contribution in [1.29, 1.82) is 0 Å². The van der Waals surface area contributed by atoms with Gasteiger partial charge in [0, 0.05) is 0 Å². The SMILES string of the molecule is C/C=C/c1ccc(/C(=C(/CC)c2ccccc2)c2ccccc2)cc1. The molecular formula is C25H24. The van der Waals surface area contributed by atoms with Crippen molar-refractivity contribution in [2.24, 2.45) is 0 Å². The van der Waals surface area contributed by atoms with E-state index in [4.69, 9.17) is 0 Å². The molecule has 0 aromatic heterocycles. The highest BCUT2D eigenvalue weighted by atomic mass is 14.2. The third-order valence-electron chi connectivity index (χ3n) is 4.40. The minimum atomic E-state index is 0.991. The van der Waals surface area contributed by atoms with Crippen LogP contribution in [0.3, 0.4) is 0 Å². The van der Waals surface area contributed by atoms with Crippen LogP contribution >= 0.6 is 0 Å². The van der Waals surface area contributed by atoms with Crippen molar-refractivity contribution in [1.82, 2.24) is 0 Å². The van der Waals surface area contributed by atoms with Gasteiger partial charge in [0.15, 0.2) is 0 Å². The zero-order chi connectivity index (χ0) is 17.5. The standard InChI is InChI=1S/C25H24/c1-3-11-20-16-18-23(19-17-20)25(22-14-9-6-10-15-22)24(4-2)21-12-7-5-8-13-21/h3,5-19H,4H2,1-2H3/b11-3+,25-24-. The second-order valence-corrected chi connectivity index (χ2v) is 6.06. The largest absolute Gasteiger partial charge is 0.0871 e. The zero-order valence-electron chi connectivity index (χ0n) is 14.9. The lowest BCUT2D eigenvalue weighted by Gasteiger charge is -2.16. The second-order valence-electron chi connectivity index (χ2n) is 6.06. The molecule has 0 nitrogen and oxygen atoms in total. The van der Waals surface area contributed by atoms with E-state index in [1.807, 2.05) is 6.92 Å². The fourth-order valence-corrected chi connectivity index (χ4v) is 3.24. The monoisotopic (exact) mass is 324 g/mol. The minimum absolute atomic E-state index is 0.991. The van der Waals surface area contributed by atoms with E-state index in [1.165, 1.54) is 33.4 Å². The predicted octanol–water partition coefficient (Wildman–Crippen LogP) is 7.09. The maximum Gasteiger partial charge on any atom is -0.00735 e. The Hall–Kier alpha value is -2.86. The van der Waals surface area contributed by atoms with E-state index in [2.05, 4.69) is 104 Å². The van der Waals surface area contributed by atoms with Gasteiger partial charge < -0.3 is 0 Å². The van der Waals surface area contributed by atoms with Gasteiger partial charge >= 0.3 is 0 Å². The van der Waals surface area contributed by atoms with Gasteiger partial charge in [-0.3, -0.25) is 0 Å². The number of hydrogen-bond acceptors (Lipinski definition) is 0. The van der Waals surface area contributed by atoms with Crippen LogP contribution in [0.25, 0.3) is 17.2 Å². The van der Waals surface area contributed by atoms with Gasteiger partial charge in [-0.05, 0) is 46.7 Å². The van der Waals surface area contributed by atoms with Gasteiger partial charge in [-0.1, -0.05) is 104 Å². The molecule has 0 spiro atoms. The normalized spacial score (nSPS) is 12.2. The van der Waals surface area contributed by atoms with Crippen LogP contribution in [-0.2, 0) is 0 Å². The highest BCUT2D eigenvalue weighted by Crippen LogP contribution is 2.34. The molecule has 25 heavy (non-hydrogen) atoms. The van der Waals surface area contributed by atoms with Crippen LogP contribution in [-0.4, -0.2) is 0 Å². The van der Waals surface area contributed by atoms with Crippen LogP contribution in [0, 0.1) is 0 Å². The van der Waals surface area contributed by atoms with E-state index < -0.39 is 0 Å². The summed E-state index contributed by atoms with van der Waals surface area (Å²) in [6.45, 7) is 4.28. The molecular weight excluding hydrogens is 300 g/mol. The van der Waals surface area contributed by atoms with Crippen molar-refractivity contribution in [2.75, 3.05) is 0 Å². The zero-order valence-corrected chi connectivity index (χ0v) is 14.9. The average Bonchev–Trinajstić information content (AvgIpc) is 2.68. The Labute approximate surface area is 151 Å². The molecule has 0 atom stereocenters. The number of allylic oxidation sites excluding steroid dienone is 2. The van der Waals surface area contributed by atoms with E-state index in [0.29, 0.717) is 0 Å². The average molecular weight is 324 g/mol. The van der Waals surface area contributed by atoms with E-state index >= 15 is 0 Å². The molecule has 3 aromatic carbocycles. The molecule has 0 amide bonds. The molecule has 0 fully saturated rings. The molecule has 0 heterocycles. The Kier molecular flexibility index (Phi) is 5.64. The Bertz CT molecular complexity index is 851. The van der Waals surface area contributed by atoms with Crippen LogP contribution in [0.4, 0.5) is 0 Å². The van der Waals surface area contributed by atoms with Crippen LogP contribution in [0.1, 0.15) is 42.5 Å². The first-order valence-electron chi connectivity index (χ1n) is 8.90. The molecule has 0 heteroatoms. The highest BCUT2D eigenvalue weighted by molar-refractivity contribution is 5.98. The molecule has 3 rings (SSSR count). The molecule has 124 valence electrons. The van der Waals surface area contributed by atoms with Crippen molar-refractivity contribution < 1.29 is 0 Å². The maximum atomic E-state index is 2.24. The van der Waals surface area contributed by atoms with Crippen molar-refractivity contribution >= 4 is 17.2 Å². The summed E-state index contributed by atoms with van der Waals surface area (Å²) < 4.78 is 0. The quantitative estimate of drug-likeness (QED) is 0.439. The summed E-state index contributed by atoms with van der Waals surface area (Å²) in [6, 6.07) is 30.3. The summed E-state index contributed by atoms with van der Waals surface area (Å²) in [5.41, 5.74) is 7.76. The molecule has 0 aliphatic heterocycles. The summed E-state index contributed by atoms with van der Waals surface area (Å²) in [5.74, 6) is 0. The molecule has 0 aliphatic carbocycles. The van der Waals surface area contributed by atoms with Crippen molar-refractivity contribution in [3.63, 3.8) is 0 Å². The Morgan fingerprint density at radius 2 is 1.20 bits per heavy atom. The number of rotatable bonds is 5. The maximum absolute atomic E-state index is 2.24. The molecule has 0 saturated heterocycles. The van der Waals surface area contributed by atoms with Gasteiger partial charge in [0.1, 0.15) is 0 Å². The van der Waals surface area contributed by atoms with Gasteiger partial charge in [0.2, 0.25) is 0 Å². The third-order valence-corrected chi connectivity index (χ3v) is 4.40. The van der Waals surface area contributed by atoms with E-state index in [0.717, 1.165) is 6.42 Å². The molecule has 0 bridgehead atoms. The van der Waals surface area contributed by atoms with E-state index in [1.54, 1.807) is 0 Å². The highest BCUT2D eigenvalue weighted by Gasteiger charge is 2.12. The molecule has 0 unspecified atom stereocenters. The summed E-state index contributed by atoms with van der Waals surface area (Å²) >= 11 is 0. The molecule has 0 saturated carbocycles. The van der Waals surface area contributed by atoms with Gasteiger partial charge in [0.05, 0.1) is 0 Å². The lowest BCUT2D eigenvalue weighted by atomic mass is 9.88.